The number of hydrogen-bond acceptors (Lipinski definition) is 4. The molecule has 1 fully saturated rings. The van der Waals surface area contributed by atoms with Crippen LogP contribution in [0.3, 0.4) is 0 Å². The van der Waals surface area contributed by atoms with E-state index in [9.17, 15) is 13.2 Å². The summed E-state index contributed by atoms with van der Waals surface area (Å²) in [5.74, 6) is -0.361. The Morgan fingerprint density at radius 1 is 0.970 bits per heavy atom. The van der Waals surface area contributed by atoms with Crippen molar-refractivity contribution in [2.45, 2.75) is 17.9 Å². The van der Waals surface area contributed by atoms with Gasteiger partial charge in [-0.05, 0) is 47.9 Å². The summed E-state index contributed by atoms with van der Waals surface area (Å²) in [6.07, 6.45) is 0. The molecular formula is C25H25ClN2O4S. The van der Waals surface area contributed by atoms with E-state index in [1.54, 1.807) is 25.1 Å². The number of benzene rings is 3. The molecule has 0 aromatic heterocycles. The fourth-order valence-electron chi connectivity index (χ4n) is 3.84. The number of morpholine rings is 1. The highest BCUT2D eigenvalue weighted by atomic mass is 35.5. The zero-order chi connectivity index (χ0) is 23.4. The van der Waals surface area contributed by atoms with Gasteiger partial charge < -0.3 is 10.1 Å². The molecule has 3 aromatic rings. The molecule has 0 bridgehead atoms. The number of carbonyl (C=O) groups excluding carboxylic acids is 1. The van der Waals surface area contributed by atoms with Crippen molar-refractivity contribution in [1.82, 2.24) is 9.62 Å². The number of aryl methyl sites for hydroxylation is 1. The van der Waals surface area contributed by atoms with Crippen LogP contribution in [0, 0.1) is 6.92 Å². The Balaban J connectivity index is 1.67. The predicted molar refractivity (Wildman–Crippen MR) is 128 cm³/mol. The van der Waals surface area contributed by atoms with Crippen molar-refractivity contribution in [1.29, 1.82) is 0 Å². The van der Waals surface area contributed by atoms with Gasteiger partial charge in [-0.15, -0.1) is 0 Å². The van der Waals surface area contributed by atoms with E-state index in [1.165, 1.54) is 10.4 Å². The summed E-state index contributed by atoms with van der Waals surface area (Å²) in [6, 6.07) is 21.1. The number of sulfonamides is 1. The van der Waals surface area contributed by atoms with Gasteiger partial charge in [-0.25, -0.2) is 8.42 Å². The van der Waals surface area contributed by atoms with Crippen molar-refractivity contribution in [3.63, 3.8) is 0 Å². The molecule has 0 spiro atoms. The second kappa shape index (κ2) is 10.1. The third-order valence-electron chi connectivity index (χ3n) is 5.65. The Labute approximate surface area is 199 Å². The first-order valence-electron chi connectivity index (χ1n) is 10.7. The minimum Gasteiger partial charge on any atom is -0.379 e. The molecule has 4 rings (SSSR count). The monoisotopic (exact) mass is 484 g/mol. The molecule has 1 saturated heterocycles. The van der Waals surface area contributed by atoms with Gasteiger partial charge in [0.25, 0.3) is 5.91 Å². The lowest BCUT2D eigenvalue weighted by atomic mass is 9.98. The average molecular weight is 485 g/mol. The number of hydrogen-bond donors (Lipinski definition) is 1. The first-order chi connectivity index (χ1) is 15.9. The number of nitrogens with one attached hydrogen (secondary N) is 1. The number of nitrogens with zero attached hydrogens (tertiary/aromatic N) is 1. The topological polar surface area (TPSA) is 75.7 Å². The van der Waals surface area contributed by atoms with Crippen LogP contribution in [0.1, 0.15) is 33.1 Å². The fourth-order valence-corrected chi connectivity index (χ4v) is 5.48. The molecule has 1 N–H and O–H groups in total. The average Bonchev–Trinajstić information content (AvgIpc) is 2.83. The van der Waals surface area contributed by atoms with Gasteiger partial charge in [0.05, 0.1) is 24.2 Å². The SMILES string of the molecule is Cc1ccc(S(=O)(=O)N2CCOCC2)cc1C(=O)NC(c1ccccc1)c1cccc(Cl)c1. The Bertz CT molecular complexity index is 1240. The molecule has 1 aliphatic rings. The van der Waals surface area contributed by atoms with Gasteiger partial charge in [-0.1, -0.05) is 60.1 Å². The van der Waals surface area contributed by atoms with Crippen LogP contribution in [0.15, 0.2) is 77.7 Å². The Hall–Kier alpha value is -2.71. The van der Waals surface area contributed by atoms with E-state index in [4.69, 9.17) is 16.3 Å². The van der Waals surface area contributed by atoms with Crippen LogP contribution in [-0.4, -0.2) is 44.9 Å². The van der Waals surface area contributed by atoms with Crippen molar-refractivity contribution in [2.24, 2.45) is 0 Å². The molecule has 0 aliphatic carbocycles. The van der Waals surface area contributed by atoms with Gasteiger partial charge in [0.1, 0.15) is 0 Å². The summed E-state index contributed by atoms with van der Waals surface area (Å²) in [4.78, 5) is 13.5. The van der Waals surface area contributed by atoms with E-state index >= 15 is 0 Å². The third kappa shape index (κ3) is 5.28. The minimum absolute atomic E-state index is 0.0965. The molecule has 1 aliphatic heterocycles. The molecule has 6 nitrogen and oxygen atoms in total. The van der Waals surface area contributed by atoms with Gasteiger partial charge in [0.2, 0.25) is 10.0 Å². The van der Waals surface area contributed by atoms with Crippen molar-refractivity contribution in [2.75, 3.05) is 26.3 Å². The molecule has 1 unspecified atom stereocenters. The van der Waals surface area contributed by atoms with Gasteiger partial charge >= 0.3 is 0 Å². The van der Waals surface area contributed by atoms with E-state index in [2.05, 4.69) is 5.32 Å². The molecule has 172 valence electrons. The molecule has 8 heteroatoms. The summed E-state index contributed by atoms with van der Waals surface area (Å²) in [5, 5.41) is 3.63. The van der Waals surface area contributed by atoms with E-state index in [0.717, 1.165) is 11.1 Å². The molecule has 1 heterocycles. The van der Waals surface area contributed by atoms with E-state index < -0.39 is 16.1 Å². The molecule has 33 heavy (non-hydrogen) atoms. The Morgan fingerprint density at radius 2 is 1.67 bits per heavy atom. The van der Waals surface area contributed by atoms with Crippen LogP contribution >= 0.6 is 11.6 Å². The van der Waals surface area contributed by atoms with E-state index in [-0.39, 0.29) is 10.8 Å². The normalized spacial score (nSPS) is 15.7. The third-order valence-corrected chi connectivity index (χ3v) is 7.78. The van der Waals surface area contributed by atoms with Crippen LogP contribution in [0.2, 0.25) is 5.02 Å². The largest absolute Gasteiger partial charge is 0.379 e. The van der Waals surface area contributed by atoms with Gasteiger partial charge in [-0.2, -0.15) is 4.31 Å². The number of rotatable bonds is 6. The molecule has 0 radical (unpaired) electrons. The van der Waals surface area contributed by atoms with Crippen LogP contribution in [0.5, 0.6) is 0 Å². The number of halogens is 1. The summed E-state index contributed by atoms with van der Waals surface area (Å²) in [7, 11) is -3.72. The van der Waals surface area contributed by atoms with Crippen molar-refractivity contribution in [3.8, 4) is 0 Å². The fraction of sp³-hybridized carbons (Fsp3) is 0.240. The maximum atomic E-state index is 13.4. The van der Waals surface area contributed by atoms with Crippen LogP contribution in [0.25, 0.3) is 0 Å². The molecule has 1 atom stereocenters. The van der Waals surface area contributed by atoms with Gasteiger partial charge in [0.15, 0.2) is 0 Å². The van der Waals surface area contributed by atoms with Crippen molar-refractivity contribution in [3.05, 3.63) is 100 Å². The molecule has 0 saturated carbocycles. The molecular weight excluding hydrogens is 460 g/mol. The standard InChI is InChI=1S/C25H25ClN2O4S/c1-18-10-11-22(33(30,31)28-12-14-32-15-13-28)17-23(18)25(29)27-24(19-6-3-2-4-7-19)20-8-5-9-21(26)16-20/h2-11,16-17,24H,12-15H2,1H3,(H,27,29). The van der Waals surface area contributed by atoms with E-state index in [0.29, 0.717) is 42.5 Å². The van der Waals surface area contributed by atoms with Gasteiger partial charge in [-0.3, -0.25) is 4.79 Å². The highest BCUT2D eigenvalue weighted by Crippen LogP contribution is 2.26. The number of ether oxygens (including phenoxy) is 1. The summed E-state index contributed by atoms with van der Waals surface area (Å²) in [6.45, 7) is 3.09. The Morgan fingerprint density at radius 3 is 2.36 bits per heavy atom. The van der Waals surface area contributed by atoms with Crippen LogP contribution in [0.4, 0.5) is 0 Å². The maximum Gasteiger partial charge on any atom is 0.252 e. The van der Waals surface area contributed by atoms with Crippen LogP contribution < -0.4 is 5.32 Å². The summed E-state index contributed by atoms with van der Waals surface area (Å²) in [5.41, 5.74) is 2.72. The van der Waals surface area contributed by atoms with E-state index in [1.807, 2.05) is 48.5 Å². The van der Waals surface area contributed by atoms with Crippen molar-refractivity contribution >= 4 is 27.5 Å². The number of amides is 1. The first-order valence-corrected chi connectivity index (χ1v) is 12.5. The highest BCUT2D eigenvalue weighted by molar-refractivity contribution is 7.89. The lowest BCUT2D eigenvalue weighted by Gasteiger charge is -2.26. The van der Waals surface area contributed by atoms with Crippen LogP contribution in [-0.2, 0) is 14.8 Å². The maximum absolute atomic E-state index is 13.4. The first kappa shape index (κ1) is 23.4. The highest BCUT2D eigenvalue weighted by Gasteiger charge is 2.28. The number of carbonyl (C=O) groups is 1. The minimum atomic E-state index is -3.72. The molecule has 1 amide bonds. The summed E-state index contributed by atoms with van der Waals surface area (Å²) >= 11 is 6.21. The second-order valence-electron chi connectivity index (χ2n) is 7.87. The quantitative estimate of drug-likeness (QED) is 0.569. The van der Waals surface area contributed by atoms with Crippen molar-refractivity contribution < 1.29 is 17.9 Å². The zero-order valence-corrected chi connectivity index (χ0v) is 19.8. The molecule has 3 aromatic carbocycles. The van der Waals surface area contributed by atoms with Gasteiger partial charge in [0, 0.05) is 23.7 Å². The lowest BCUT2D eigenvalue weighted by Crippen LogP contribution is -2.40. The summed E-state index contributed by atoms with van der Waals surface area (Å²) < 4.78 is 32.9. The smallest absolute Gasteiger partial charge is 0.252 e. The lowest BCUT2D eigenvalue weighted by molar-refractivity contribution is 0.0730. The second-order valence-corrected chi connectivity index (χ2v) is 10.2. The predicted octanol–water partition coefficient (Wildman–Crippen LogP) is 4.19. The Kier molecular flexibility index (Phi) is 7.14. The zero-order valence-electron chi connectivity index (χ0n) is 18.2.